The summed E-state index contributed by atoms with van der Waals surface area (Å²) in [6, 6.07) is 0. The topological polar surface area (TPSA) is 449 Å². The van der Waals surface area contributed by atoms with Gasteiger partial charge in [0.1, 0.15) is 0 Å². The molecule has 0 saturated carbocycles. The number of hydrogen-bond acceptors (Lipinski definition) is 18. The van der Waals surface area contributed by atoms with Crippen LogP contribution in [0.4, 0.5) is 0 Å². The molecule has 0 aliphatic rings. The monoisotopic (exact) mass is 877 g/mol. The quantitative estimate of drug-likeness (QED) is 0.134. The Morgan fingerprint density at radius 2 is 0.444 bits per heavy atom. The van der Waals surface area contributed by atoms with Crippen molar-refractivity contribution in [2.45, 2.75) is 0 Å². The van der Waals surface area contributed by atoms with Gasteiger partial charge >= 0.3 is 71.3 Å². The molecule has 4 N–H and O–H groups in total. The summed E-state index contributed by atoms with van der Waals surface area (Å²) in [5.74, 6) is 0. The second-order valence-electron chi connectivity index (χ2n) is 1.17. The predicted molar refractivity (Wildman–Crippen MR) is 16.3 cm³/mol. The summed E-state index contributed by atoms with van der Waals surface area (Å²) in [6.45, 7) is 0. The Morgan fingerprint density at radius 3 is 0.444 bits per heavy atom. The molecule has 0 spiro atoms. The number of nitrogens with zero attached hydrogens (tertiary/aromatic N) is 1. The average molecular weight is 883 g/mol. The zero-order valence-corrected chi connectivity index (χ0v) is 25.3. The maximum Gasteiger partial charge on any atom is 4.00 e. The van der Waals surface area contributed by atoms with E-state index >= 15 is 0 Å². The minimum absolute atomic E-state index is 0. The van der Waals surface area contributed by atoms with Crippen LogP contribution in [0.3, 0.4) is 0 Å². The zero-order chi connectivity index (χ0) is 21.5. The van der Waals surface area contributed by atoms with Gasteiger partial charge in [-0.1, -0.05) is 0 Å². The Bertz CT molecular complexity index is 158. The standard InChI is InChI=1S/5BrO3.Ce.NO3.H3N.Na/c5*2-1(3)4;;2-1(3)4;;/h;;;;;;;1H3;/q5*-1;+4;-1;;+1/p+1. The average Bonchev–Trinajstić information content (AvgIpc) is 2.08. The van der Waals surface area contributed by atoms with Crippen molar-refractivity contribution in [1.29, 1.82) is 0 Å². The molecule has 0 aliphatic heterocycles. The van der Waals surface area contributed by atoms with Gasteiger partial charge in [-0.2, -0.15) is 0 Å². The first kappa shape index (κ1) is 57.4. The van der Waals surface area contributed by atoms with E-state index in [-0.39, 0.29) is 77.5 Å². The van der Waals surface area contributed by atoms with Gasteiger partial charge in [-0.25, -0.2) is 0 Å². The Balaban J connectivity index is -0.0000000201. The Kier molecular flexibility index (Phi) is 110. The van der Waals surface area contributed by atoms with Gasteiger partial charge < -0.3 is 84.4 Å². The van der Waals surface area contributed by atoms with E-state index in [1.165, 1.54) is 0 Å². The van der Waals surface area contributed by atoms with Crippen LogP contribution in [-0.2, 0) is 0 Å². The van der Waals surface area contributed by atoms with Crippen LogP contribution < -0.4 is 98.7 Å². The summed E-state index contributed by atoms with van der Waals surface area (Å²) < 4.78 is 128. The van der Waals surface area contributed by atoms with Gasteiger partial charge in [-0.15, -0.1) is 0 Å². The summed E-state index contributed by atoms with van der Waals surface area (Å²) >= 11 is -18.2. The molecule has 0 rings (SSSR count). The van der Waals surface area contributed by atoms with Crippen molar-refractivity contribution in [3.63, 3.8) is 0 Å². The number of halogens is 5. The van der Waals surface area contributed by atoms with E-state index in [0.29, 0.717) is 0 Å². The van der Waals surface area contributed by atoms with Crippen molar-refractivity contribution in [3.8, 4) is 0 Å². The molecule has 20 nitrogen and oxygen atoms in total. The molecule has 0 aromatic heterocycles. The minimum Gasteiger partial charge on any atom is -0.405 e. The molecule has 0 radical (unpaired) electrons. The molecule has 0 aliphatic carbocycles. The van der Waals surface area contributed by atoms with Crippen molar-refractivity contribution < 1.29 is 213 Å². The van der Waals surface area contributed by atoms with Crippen LogP contribution in [-0.4, -0.2) is 5.09 Å². The SMILES string of the molecule is O=[N+]([O-])[O-].[Ce+4].[NH4+].[Na+].[O-][Br+2]([O-])[O-].[O-][Br+2]([O-])[O-].[O-][Br+2]([O-])[O-].[O-][Br+2]([O-])[O-].[O-][Br+2]([O-])[O-]. The van der Waals surface area contributed by atoms with Crippen molar-refractivity contribution in [3.05, 3.63) is 15.3 Å². The molecule has 162 valence electrons. The molecule has 27 heavy (non-hydrogen) atoms. The van der Waals surface area contributed by atoms with Crippen molar-refractivity contribution in [1.82, 2.24) is 6.15 Å². The van der Waals surface area contributed by atoms with E-state index < -0.39 is 79.2 Å². The maximum absolute atomic E-state index is 8.52. The molecule has 27 heteroatoms. The van der Waals surface area contributed by atoms with Gasteiger partial charge in [-0.3, -0.25) is 0 Å². The van der Waals surface area contributed by atoms with Crippen molar-refractivity contribution in [2.24, 2.45) is 0 Å². The van der Waals surface area contributed by atoms with Gasteiger partial charge in [0.25, 0.3) is 0 Å². The Hall–Kier alpha value is 3.34. The maximum atomic E-state index is 8.52. The van der Waals surface area contributed by atoms with E-state index in [4.69, 9.17) is 78.3 Å². The predicted octanol–water partition coefficient (Wildman–Crippen LogP) is -20.7. The van der Waals surface area contributed by atoms with Crippen molar-refractivity contribution in [2.75, 3.05) is 0 Å². The summed E-state index contributed by atoms with van der Waals surface area (Å²) in [4.78, 5) is 8.25. The van der Waals surface area contributed by atoms with Gasteiger partial charge in [0.15, 0.2) is 0 Å². The molecular formula is H4Br5CeN2NaO18. The van der Waals surface area contributed by atoms with E-state index in [1.54, 1.807) is 0 Å². The first-order chi connectivity index (χ1) is 10.4. The molecule has 0 aromatic carbocycles. The second-order valence-corrected chi connectivity index (χ2v) is 5.13. The molecule has 0 heterocycles. The fraction of sp³-hybridized carbons (Fsp3) is 0. The Labute approximate surface area is 231 Å². The number of rotatable bonds is 0. The van der Waals surface area contributed by atoms with Crippen LogP contribution in [0.5, 0.6) is 0 Å². The van der Waals surface area contributed by atoms with Crippen LogP contribution >= 0.6 is 0 Å². The first-order valence-corrected chi connectivity index (χ1v) is 12.6. The van der Waals surface area contributed by atoms with Gasteiger partial charge in [0, 0.05) is 0 Å². The van der Waals surface area contributed by atoms with E-state index in [1.807, 2.05) is 0 Å². The molecule has 0 atom stereocenters. The van der Waals surface area contributed by atoms with E-state index in [0.717, 1.165) is 0 Å². The molecule has 0 amide bonds. The van der Waals surface area contributed by atoms with Gasteiger partial charge in [0.05, 0.1) is 5.09 Å². The summed E-state index contributed by atoms with van der Waals surface area (Å²) in [7, 11) is 0. The zero-order valence-electron chi connectivity index (χ0n) is 12.2. The first-order valence-electron chi connectivity index (χ1n) is 2.86. The molecule has 0 fully saturated rings. The number of quaternary nitrogens is 1. The van der Waals surface area contributed by atoms with Gasteiger partial charge in [0.2, 0.25) is 74.1 Å². The third-order valence-electron chi connectivity index (χ3n) is 0. The smallest absolute Gasteiger partial charge is 0.405 e. The largest absolute Gasteiger partial charge is 4.00 e. The molecule has 0 aromatic rings. The molecule has 0 saturated heterocycles. The summed E-state index contributed by atoms with van der Waals surface area (Å²) in [5, 5.41) is 14.8. The van der Waals surface area contributed by atoms with Crippen LogP contribution in [0.1, 0.15) is 0 Å². The van der Waals surface area contributed by atoms with Crippen LogP contribution in [0.15, 0.2) is 0 Å². The molecule has 0 unspecified atom stereocenters. The summed E-state index contributed by atoms with van der Waals surface area (Å²) in [5.41, 5.74) is 0. The minimum atomic E-state index is -3.65. The second kappa shape index (κ2) is 51.7. The van der Waals surface area contributed by atoms with Gasteiger partial charge in [-0.05, 0) is 0 Å². The molecule has 0 bridgehead atoms. The fourth-order valence-corrected chi connectivity index (χ4v) is 0. The van der Waals surface area contributed by atoms with Crippen molar-refractivity contribution >= 4 is 0 Å². The van der Waals surface area contributed by atoms with Crippen LogP contribution in [0, 0.1) is 131 Å². The third kappa shape index (κ3) is 1970. The third-order valence-corrected chi connectivity index (χ3v) is 0. The van der Waals surface area contributed by atoms with E-state index in [2.05, 4.69) is 0 Å². The Morgan fingerprint density at radius 1 is 0.444 bits per heavy atom. The number of hydrogen-bond donors (Lipinski definition) is 1. The van der Waals surface area contributed by atoms with Crippen LogP contribution in [0.2, 0.25) is 0 Å². The van der Waals surface area contributed by atoms with E-state index in [9.17, 15) is 0 Å². The normalized spacial score (nSPS) is 7.56. The summed E-state index contributed by atoms with van der Waals surface area (Å²) in [6.07, 6.45) is 0. The van der Waals surface area contributed by atoms with Crippen LogP contribution in [0.25, 0.3) is 0 Å². The molecular weight excluding hydrogens is 879 g/mol. The fourth-order valence-electron chi connectivity index (χ4n) is 0.